The molecule has 3 aromatic carbocycles. The van der Waals surface area contributed by atoms with E-state index in [1.807, 2.05) is 24.3 Å². The van der Waals surface area contributed by atoms with E-state index in [1.165, 1.54) is 38.4 Å². The average molecular weight is 495 g/mol. The second-order valence-corrected chi connectivity index (χ2v) is 10.0. The van der Waals surface area contributed by atoms with Crippen LogP contribution < -0.4 is 13.9 Å². The Morgan fingerprint density at radius 2 is 1.74 bits per heavy atom. The zero-order chi connectivity index (χ0) is 25.0. The molecule has 0 aliphatic carbocycles. The van der Waals surface area contributed by atoms with Gasteiger partial charge >= 0.3 is 5.97 Å². The molecule has 0 fully saturated rings. The third kappa shape index (κ3) is 5.14. The first kappa shape index (κ1) is 24.3. The van der Waals surface area contributed by atoms with Crippen molar-refractivity contribution in [3.63, 3.8) is 0 Å². The summed E-state index contributed by atoms with van der Waals surface area (Å²) >= 11 is 0. The van der Waals surface area contributed by atoms with Crippen molar-refractivity contribution in [3.05, 3.63) is 83.9 Å². The fraction of sp³-hybridized carbons (Fsp3) is 0.231. The van der Waals surface area contributed by atoms with Crippen LogP contribution in [0.4, 0.5) is 11.4 Å². The molecule has 0 bridgehead atoms. The number of nitrogens with zero attached hydrogens (tertiary/aromatic N) is 2. The van der Waals surface area contributed by atoms with Crippen molar-refractivity contribution in [1.82, 2.24) is 0 Å². The number of amides is 1. The number of methoxy groups -OCH3 is 1. The highest BCUT2D eigenvalue weighted by atomic mass is 32.2. The maximum absolute atomic E-state index is 13.1. The zero-order valence-electron chi connectivity index (χ0n) is 19.5. The first-order valence-electron chi connectivity index (χ1n) is 11.1. The third-order valence-corrected chi connectivity index (χ3v) is 7.68. The number of rotatable bonds is 7. The van der Waals surface area contributed by atoms with Crippen molar-refractivity contribution in [1.29, 1.82) is 0 Å². The fourth-order valence-corrected chi connectivity index (χ4v) is 5.20. The minimum Gasteiger partial charge on any atom is -0.497 e. The normalized spacial score (nSPS) is 13.0. The number of fused-ring (bicyclic) bond motifs is 1. The lowest BCUT2D eigenvalue weighted by atomic mass is 10.0. The second kappa shape index (κ2) is 10.2. The van der Waals surface area contributed by atoms with Gasteiger partial charge in [0.25, 0.3) is 15.9 Å². The Kier molecular flexibility index (Phi) is 7.07. The molecule has 0 spiro atoms. The summed E-state index contributed by atoms with van der Waals surface area (Å²) in [6, 6.07) is 19.8. The summed E-state index contributed by atoms with van der Waals surface area (Å²) in [4.78, 5) is 27.0. The van der Waals surface area contributed by atoms with Gasteiger partial charge in [-0.15, -0.1) is 0 Å². The molecule has 0 saturated heterocycles. The van der Waals surface area contributed by atoms with Gasteiger partial charge in [-0.2, -0.15) is 0 Å². The van der Waals surface area contributed by atoms with Gasteiger partial charge in [0, 0.05) is 19.3 Å². The smallest absolute Gasteiger partial charge is 0.338 e. The van der Waals surface area contributed by atoms with Crippen molar-refractivity contribution < 1.29 is 27.5 Å². The van der Waals surface area contributed by atoms with Gasteiger partial charge in [-0.25, -0.2) is 13.2 Å². The van der Waals surface area contributed by atoms with Crippen LogP contribution in [0.5, 0.6) is 5.75 Å². The highest BCUT2D eigenvalue weighted by molar-refractivity contribution is 7.92. The molecule has 182 valence electrons. The summed E-state index contributed by atoms with van der Waals surface area (Å²) in [5.74, 6) is -0.492. The molecule has 3 aromatic rings. The van der Waals surface area contributed by atoms with Crippen molar-refractivity contribution in [2.45, 2.75) is 17.7 Å². The summed E-state index contributed by atoms with van der Waals surface area (Å²) in [7, 11) is -0.985. The number of benzene rings is 3. The van der Waals surface area contributed by atoms with Crippen LogP contribution in [0.2, 0.25) is 0 Å². The van der Waals surface area contributed by atoms with E-state index in [2.05, 4.69) is 0 Å². The molecule has 8 nitrogen and oxygen atoms in total. The zero-order valence-corrected chi connectivity index (χ0v) is 20.3. The lowest BCUT2D eigenvalue weighted by molar-refractivity contribution is -0.121. The first-order chi connectivity index (χ1) is 16.8. The van der Waals surface area contributed by atoms with Crippen LogP contribution >= 0.6 is 0 Å². The molecule has 1 aliphatic heterocycles. The highest BCUT2D eigenvalue weighted by Gasteiger charge is 2.25. The number of aryl methyl sites for hydroxylation is 1. The summed E-state index contributed by atoms with van der Waals surface area (Å²) in [5.41, 5.74) is 2.39. The predicted molar refractivity (Wildman–Crippen MR) is 132 cm³/mol. The Morgan fingerprint density at radius 3 is 2.49 bits per heavy atom. The van der Waals surface area contributed by atoms with Crippen LogP contribution in [0.3, 0.4) is 0 Å². The fourth-order valence-electron chi connectivity index (χ4n) is 3.95. The third-order valence-electron chi connectivity index (χ3n) is 5.90. The van der Waals surface area contributed by atoms with E-state index in [9.17, 15) is 18.0 Å². The van der Waals surface area contributed by atoms with Crippen LogP contribution in [0.15, 0.2) is 77.7 Å². The van der Waals surface area contributed by atoms with Gasteiger partial charge in [-0.05, 0) is 66.9 Å². The van der Waals surface area contributed by atoms with E-state index in [0.29, 0.717) is 18.0 Å². The maximum atomic E-state index is 13.1. The second-order valence-electron chi connectivity index (χ2n) is 8.05. The number of ether oxygens (including phenoxy) is 2. The van der Waals surface area contributed by atoms with Crippen molar-refractivity contribution in [2.75, 3.05) is 36.5 Å². The highest BCUT2D eigenvalue weighted by Crippen LogP contribution is 2.27. The van der Waals surface area contributed by atoms with E-state index in [4.69, 9.17) is 9.47 Å². The molecule has 0 atom stereocenters. The molecule has 0 N–H and O–H groups in total. The number of sulfonamides is 1. The largest absolute Gasteiger partial charge is 0.497 e. The number of carbonyl (C=O) groups excluding carboxylic acids is 2. The number of para-hydroxylation sites is 1. The molecule has 0 unspecified atom stereocenters. The van der Waals surface area contributed by atoms with Crippen LogP contribution in [0.25, 0.3) is 0 Å². The van der Waals surface area contributed by atoms with Gasteiger partial charge in [-0.1, -0.05) is 24.3 Å². The Morgan fingerprint density at radius 1 is 1.00 bits per heavy atom. The van der Waals surface area contributed by atoms with Gasteiger partial charge in [-0.3, -0.25) is 9.10 Å². The Labute approximate surface area is 204 Å². The number of hydrogen-bond acceptors (Lipinski definition) is 6. The quantitative estimate of drug-likeness (QED) is 0.466. The van der Waals surface area contributed by atoms with Gasteiger partial charge in [0.1, 0.15) is 5.75 Å². The number of hydrogen-bond donors (Lipinski definition) is 0. The first-order valence-corrected chi connectivity index (χ1v) is 12.5. The van der Waals surface area contributed by atoms with Crippen LogP contribution in [0.1, 0.15) is 22.3 Å². The van der Waals surface area contributed by atoms with Crippen molar-refractivity contribution >= 4 is 33.3 Å². The molecule has 1 amide bonds. The van der Waals surface area contributed by atoms with E-state index in [-0.39, 0.29) is 16.4 Å². The van der Waals surface area contributed by atoms with Crippen molar-refractivity contribution in [2.24, 2.45) is 0 Å². The minimum atomic E-state index is -3.94. The van der Waals surface area contributed by atoms with Gasteiger partial charge in [0.05, 0.1) is 23.3 Å². The van der Waals surface area contributed by atoms with Gasteiger partial charge in [0.15, 0.2) is 6.61 Å². The summed E-state index contributed by atoms with van der Waals surface area (Å²) in [6.45, 7) is 0.120. The standard InChI is InChI=1S/C26H26N2O6S/c1-27(21-12-14-22(33-2)15-13-21)35(31,32)23-10-5-8-20(17-23)26(30)34-18-25(29)28-16-6-9-19-7-3-4-11-24(19)28/h3-5,7-8,10-15,17H,6,9,16,18H2,1-2H3. The minimum absolute atomic E-state index is 0.0426. The lowest BCUT2D eigenvalue weighted by Gasteiger charge is -2.29. The molecule has 0 radical (unpaired) electrons. The summed E-state index contributed by atoms with van der Waals surface area (Å²) < 4.78 is 37.7. The van der Waals surface area contributed by atoms with Gasteiger partial charge < -0.3 is 14.4 Å². The van der Waals surface area contributed by atoms with Crippen LogP contribution in [-0.2, 0) is 26.0 Å². The lowest BCUT2D eigenvalue weighted by Crippen LogP contribution is -2.38. The van der Waals surface area contributed by atoms with Crippen molar-refractivity contribution in [3.8, 4) is 5.75 Å². The van der Waals surface area contributed by atoms with Crippen LogP contribution in [0, 0.1) is 0 Å². The molecule has 9 heteroatoms. The molecule has 0 saturated carbocycles. The number of esters is 1. The summed E-state index contributed by atoms with van der Waals surface area (Å²) in [5, 5.41) is 0. The molecule has 1 heterocycles. The summed E-state index contributed by atoms with van der Waals surface area (Å²) in [6.07, 6.45) is 1.73. The van der Waals surface area contributed by atoms with E-state index in [1.54, 1.807) is 29.2 Å². The number of carbonyl (C=O) groups is 2. The van der Waals surface area contributed by atoms with E-state index in [0.717, 1.165) is 28.4 Å². The van der Waals surface area contributed by atoms with E-state index >= 15 is 0 Å². The SMILES string of the molecule is COc1ccc(N(C)S(=O)(=O)c2cccc(C(=O)OCC(=O)N3CCCc4ccccc43)c2)cc1. The van der Waals surface area contributed by atoms with E-state index < -0.39 is 22.6 Å². The molecule has 0 aromatic heterocycles. The maximum Gasteiger partial charge on any atom is 0.338 e. The topological polar surface area (TPSA) is 93.2 Å². The number of anilines is 2. The molecular formula is C26H26N2O6S. The molecule has 4 rings (SSSR count). The van der Waals surface area contributed by atoms with Crippen LogP contribution in [-0.4, -0.2) is 47.6 Å². The predicted octanol–water partition coefficient (Wildman–Crippen LogP) is 3.66. The average Bonchev–Trinajstić information content (AvgIpc) is 2.90. The Balaban J connectivity index is 1.45. The Bertz CT molecular complexity index is 1340. The van der Waals surface area contributed by atoms with Gasteiger partial charge in [0.2, 0.25) is 0 Å². The molecular weight excluding hydrogens is 468 g/mol. The molecule has 35 heavy (non-hydrogen) atoms. The monoisotopic (exact) mass is 494 g/mol. The Hall–Kier alpha value is -3.85. The molecule has 1 aliphatic rings.